The van der Waals surface area contributed by atoms with Gasteiger partial charge in [-0.1, -0.05) is 12.6 Å². The van der Waals surface area contributed by atoms with E-state index in [9.17, 15) is 18.8 Å². The number of nitrogens with zero attached hydrogens (tertiary/aromatic N) is 6. The summed E-state index contributed by atoms with van der Waals surface area (Å²) in [6.07, 6.45) is 3.18. The summed E-state index contributed by atoms with van der Waals surface area (Å²) in [6.45, 7) is 10.0. The number of thiophene rings is 1. The average Bonchev–Trinajstić information content (AvgIpc) is 3.81. The molecule has 4 aromatic rings. The van der Waals surface area contributed by atoms with Crippen molar-refractivity contribution in [3.63, 3.8) is 0 Å². The molecule has 2 aromatic carbocycles. The van der Waals surface area contributed by atoms with Gasteiger partial charge in [0, 0.05) is 48.4 Å². The quantitative estimate of drug-likeness (QED) is 0.220. The van der Waals surface area contributed by atoms with E-state index in [1.807, 2.05) is 24.8 Å². The summed E-state index contributed by atoms with van der Waals surface area (Å²) in [7, 11) is 0. The number of benzene rings is 2. The molecule has 3 fully saturated rings. The van der Waals surface area contributed by atoms with Gasteiger partial charge < -0.3 is 20.3 Å². The van der Waals surface area contributed by atoms with Crippen LogP contribution in [0.4, 0.5) is 24.0 Å². The number of rotatable bonds is 8. The van der Waals surface area contributed by atoms with Gasteiger partial charge in [0.2, 0.25) is 5.91 Å². The number of likely N-dealkylation sites (tertiary alicyclic amines) is 1. The maximum Gasteiger partial charge on any atom is 0.319 e. The van der Waals surface area contributed by atoms with Gasteiger partial charge >= 0.3 is 6.01 Å². The van der Waals surface area contributed by atoms with Gasteiger partial charge in [0.15, 0.2) is 0 Å². The first-order valence-corrected chi connectivity index (χ1v) is 17.0. The van der Waals surface area contributed by atoms with Crippen LogP contribution in [0.1, 0.15) is 45.1 Å². The zero-order valence-electron chi connectivity index (χ0n) is 26.8. The lowest BCUT2D eigenvalue weighted by molar-refractivity contribution is -0.126. The Hall–Kier alpha value is -4.41. The minimum Gasteiger partial charge on any atom is -0.461 e. The van der Waals surface area contributed by atoms with Crippen LogP contribution in [-0.2, 0) is 4.79 Å². The van der Waals surface area contributed by atoms with Crippen LogP contribution in [0.5, 0.6) is 6.01 Å². The van der Waals surface area contributed by atoms with Crippen molar-refractivity contribution in [3.8, 4) is 23.2 Å². The van der Waals surface area contributed by atoms with E-state index >= 15 is 4.39 Å². The number of carbonyl (C=O) groups excluding carboxylic acids is 1. The molecule has 13 heteroatoms. The molecule has 2 aromatic heterocycles. The van der Waals surface area contributed by atoms with Gasteiger partial charge in [-0.05, 0) is 69.5 Å². The molecule has 3 aliphatic rings. The van der Waals surface area contributed by atoms with E-state index < -0.39 is 23.3 Å². The lowest BCUT2D eigenvalue weighted by atomic mass is 9.95. The Morgan fingerprint density at radius 3 is 2.83 bits per heavy atom. The van der Waals surface area contributed by atoms with Gasteiger partial charge in [0.05, 0.1) is 27.4 Å². The van der Waals surface area contributed by atoms with Crippen molar-refractivity contribution in [1.29, 1.82) is 5.26 Å². The van der Waals surface area contributed by atoms with Crippen molar-refractivity contribution in [2.24, 2.45) is 0 Å². The van der Waals surface area contributed by atoms with E-state index in [-0.39, 0.29) is 56.8 Å². The van der Waals surface area contributed by atoms with Gasteiger partial charge in [-0.3, -0.25) is 9.69 Å². The third-order valence-electron chi connectivity index (χ3n) is 10.4. The molecular formula is C35H36F3N7O2S. The Morgan fingerprint density at radius 1 is 1.27 bits per heavy atom. The molecule has 3 aliphatic heterocycles. The van der Waals surface area contributed by atoms with E-state index in [4.69, 9.17) is 20.4 Å². The van der Waals surface area contributed by atoms with Crippen LogP contribution in [0.3, 0.4) is 0 Å². The second kappa shape index (κ2) is 12.2. The van der Waals surface area contributed by atoms with Crippen LogP contribution >= 0.6 is 11.3 Å². The normalized spacial score (nSPS) is 23.9. The highest BCUT2D eigenvalue weighted by molar-refractivity contribution is 7.23. The molecule has 3 saturated heterocycles. The van der Waals surface area contributed by atoms with Crippen molar-refractivity contribution < 1.29 is 22.7 Å². The predicted molar refractivity (Wildman–Crippen MR) is 181 cm³/mol. The number of nitrogen functional groups attached to an aromatic ring is 1. The molecule has 4 atom stereocenters. The van der Waals surface area contributed by atoms with E-state index in [0.29, 0.717) is 54.8 Å². The fraction of sp³-hybridized carbons (Fsp3) is 0.429. The van der Waals surface area contributed by atoms with Crippen molar-refractivity contribution >= 4 is 49.1 Å². The highest BCUT2D eigenvalue weighted by atomic mass is 32.1. The summed E-state index contributed by atoms with van der Waals surface area (Å²) < 4.78 is 52.2. The molecule has 7 rings (SSSR count). The van der Waals surface area contributed by atoms with Crippen LogP contribution in [0.2, 0.25) is 0 Å². The molecule has 0 saturated carbocycles. The number of amides is 1. The Morgan fingerprint density at radius 2 is 2.08 bits per heavy atom. The number of nitriles is 1. The molecular weight excluding hydrogens is 639 g/mol. The topological polar surface area (TPSA) is 112 Å². The van der Waals surface area contributed by atoms with Gasteiger partial charge in [-0.2, -0.15) is 15.2 Å². The monoisotopic (exact) mass is 675 g/mol. The second-order valence-electron chi connectivity index (χ2n) is 12.9. The molecule has 0 unspecified atom stereocenters. The molecule has 250 valence electrons. The van der Waals surface area contributed by atoms with Crippen LogP contribution in [0.25, 0.3) is 32.1 Å². The highest BCUT2D eigenvalue weighted by Gasteiger charge is 2.49. The van der Waals surface area contributed by atoms with E-state index in [0.717, 1.165) is 30.7 Å². The van der Waals surface area contributed by atoms with Crippen molar-refractivity contribution in [3.05, 3.63) is 54.1 Å². The van der Waals surface area contributed by atoms with Crippen molar-refractivity contribution in [1.82, 2.24) is 19.8 Å². The van der Waals surface area contributed by atoms with E-state index in [1.54, 1.807) is 11.0 Å². The highest BCUT2D eigenvalue weighted by Crippen LogP contribution is 2.44. The summed E-state index contributed by atoms with van der Waals surface area (Å²) in [6, 6.07) is 7.41. The maximum atomic E-state index is 16.3. The number of nitrogens with two attached hydrogens (primary N) is 1. The van der Waals surface area contributed by atoms with Gasteiger partial charge in [0.25, 0.3) is 0 Å². The smallest absolute Gasteiger partial charge is 0.319 e. The fourth-order valence-electron chi connectivity index (χ4n) is 8.08. The second-order valence-corrected chi connectivity index (χ2v) is 14.0. The molecule has 0 radical (unpaired) electrons. The Labute approximate surface area is 280 Å². The zero-order valence-corrected chi connectivity index (χ0v) is 27.6. The first-order valence-electron chi connectivity index (χ1n) is 16.2. The number of halogens is 3. The maximum absolute atomic E-state index is 16.3. The van der Waals surface area contributed by atoms with Gasteiger partial charge in [-0.15, -0.1) is 11.3 Å². The van der Waals surface area contributed by atoms with Crippen LogP contribution < -0.4 is 15.4 Å². The van der Waals surface area contributed by atoms with Crippen molar-refractivity contribution in [2.45, 2.75) is 63.3 Å². The number of fused-ring (bicyclic) bond motifs is 3. The number of anilines is 2. The fourth-order valence-corrected chi connectivity index (χ4v) is 9.03. The van der Waals surface area contributed by atoms with E-state index in [2.05, 4.69) is 11.5 Å². The number of likely N-dealkylation sites (N-methyl/N-ethyl adjacent to an activating group) is 1. The summed E-state index contributed by atoms with van der Waals surface area (Å²) in [5.74, 6) is -0.871. The summed E-state index contributed by atoms with van der Waals surface area (Å²) >= 11 is 0.944. The lowest BCUT2D eigenvalue weighted by Crippen LogP contribution is -2.45. The first-order chi connectivity index (χ1) is 23.1. The zero-order chi connectivity index (χ0) is 33.9. The standard InChI is InChI=1S/C35H36F3N7O2S/c1-4-29(46)45-12-9-28(19(45)3)44(5-2)33-23-13-26(38)22(21-7-8-25(37)31-30(21)24(16-39)32(40)48-31)14-27(23)41-34(42-33)47-18-35-10-6-11-43(35)17-20(36)15-35/h4,7-8,13-14,19-20,28H,1,5-6,9-12,15,17-18,40H2,2-3H3/t19-,20+,28+,35-/m0/s1. The molecule has 5 heterocycles. The number of hydrogen-bond donors (Lipinski definition) is 1. The summed E-state index contributed by atoms with van der Waals surface area (Å²) in [4.78, 5) is 28.2. The van der Waals surface area contributed by atoms with E-state index in [1.165, 1.54) is 24.3 Å². The van der Waals surface area contributed by atoms with Crippen molar-refractivity contribution in [2.75, 3.05) is 43.4 Å². The molecule has 9 nitrogen and oxygen atoms in total. The molecule has 0 spiro atoms. The predicted octanol–water partition coefficient (Wildman–Crippen LogP) is 6.20. The number of alkyl halides is 1. The SMILES string of the molecule is C=CC(=O)N1CC[C@@H](N(CC)c2nc(OC[C@@]34CCCN3C[C@H](F)C4)nc3cc(-c4ccc(F)c5sc(N)c(C#N)c45)c(F)cc23)[C@@H]1C. The largest absolute Gasteiger partial charge is 0.461 e. The third-order valence-corrected chi connectivity index (χ3v) is 11.4. The van der Waals surface area contributed by atoms with Crippen LogP contribution in [0.15, 0.2) is 36.9 Å². The third kappa shape index (κ3) is 5.13. The molecule has 0 bridgehead atoms. The van der Waals surface area contributed by atoms with Gasteiger partial charge in [0.1, 0.15) is 41.3 Å². The number of aromatic nitrogens is 2. The Balaban J connectivity index is 1.37. The molecule has 0 aliphatic carbocycles. The Kier molecular flexibility index (Phi) is 8.20. The average molecular weight is 676 g/mol. The minimum absolute atomic E-state index is 0.0726. The summed E-state index contributed by atoms with van der Waals surface area (Å²) in [5.41, 5.74) is 6.54. The van der Waals surface area contributed by atoms with Crippen LogP contribution in [0, 0.1) is 23.0 Å². The number of ether oxygens (including phenoxy) is 1. The van der Waals surface area contributed by atoms with Crippen LogP contribution in [-0.4, -0.2) is 82.3 Å². The van der Waals surface area contributed by atoms with Gasteiger partial charge in [-0.25, -0.2) is 13.2 Å². The molecule has 1 amide bonds. The first kappa shape index (κ1) is 32.2. The Bertz CT molecular complexity index is 2000. The number of carbonyl (C=O) groups is 1. The summed E-state index contributed by atoms with van der Waals surface area (Å²) in [5, 5.41) is 10.7. The molecule has 48 heavy (non-hydrogen) atoms. The minimum atomic E-state index is -0.926. The lowest BCUT2D eigenvalue weighted by Gasteiger charge is -2.34. The number of hydrogen-bond acceptors (Lipinski definition) is 9. The molecule has 2 N–H and O–H groups in total.